The number of nitrogens with zero attached hydrogens (tertiary/aromatic N) is 1. The van der Waals surface area contributed by atoms with Crippen molar-refractivity contribution >= 4 is 0 Å². The second-order valence-corrected chi connectivity index (χ2v) is 3.89. The van der Waals surface area contributed by atoms with Gasteiger partial charge in [-0.15, -0.1) is 0 Å². The highest BCUT2D eigenvalue weighted by molar-refractivity contribution is 5.64. The molecule has 0 spiro atoms. The molecule has 0 aliphatic heterocycles. The molecular weight excluding hydrogens is 260 g/mol. The van der Waals surface area contributed by atoms with Gasteiger partial charge >= 0.3 is 6.18 Å². The summed E-state index contributed by atoms with van der Waals surface area (Å²) in [6.45, 7) is -0.0190. The van der Waals surface area contributed by atoms with Gasteiger partial charge in [0.15, 0.2) is 0 Å². The van der Waals surface area contributed by atoms with Crippen molar-refractivity contribution in [2.75, 3.05) is 0 Å². The van der Waals surface area contributed by atoms with Crippen LogP contribution in [-0.2, 0) is 12.7 Å². The van der Waals surface area contributed by atoms with E-state index in [-0.39, 0.29) is 17.8 Å². The van der Waals surface area contributed by atoms with Gasteiger partial charge in [0.25, 0.3) is 0 Å². The molecular formula is C13H10F4N2. The Hall–Kier alpha value is -1.95. The fourth-order valence-electron chi connectivity index (χ4n) is 1.70. The zero-order chi connectivity index (χ0) is 14.0. The molecule has 0 bridgehead atoms. The van der Waals surface area contributed by atoms with Crippen LogP contribution in [0.1, 0.15) is 11.3 Å². The van der Waals surface area contributed by atoms with Gasteiger partial charge in [0.1, 0.15) is 11.5 Å². The first kappa shape index (κ1) is 13.5. The van der Waals surface area contributed by atoms with E-state index in [0.29, 0.717) is 5.56 Å². The molecule has 0 unspecified atom stereocenters. The van der Waals surface area contributed by atoms with Crippen molar-refractivity contribution in [2.24, 2.45) is 5.73 Å². The number of pyridine rings is 1. The van der Waals surface area contributed by atoms with Crippen LogP contribution < -0.4 is 5.73 Å². The molecule has 0 atom stereocenters. The standard InChI is InChI=1S/C13H10F4N2/c14-10-4-2-1-3-9(10)12-8(7-18)5-6-11(19-12)13(15,16)17/h1-6H,7,18H2. The Kier molecular flexibility index (Phi) is 3.53. The number of alkyl halides is 3. The minimum absolute atomic E-state index is 0.00838. The first-order valence-corrected chi connectivity index (χ1v) is 5.45. The minimum Gasteiger partial charge on any atom is -0.326 e. The second-order valence-electron chi connectivity index (χ2n) is 3.89. The van der Waals surface area contributed by atoms with Gasteiger partial charge in [-0.3, -0.25) is 0 Å². The number of aromatic nitrogens is 1. The van der Waals surface area contributed by atoms with Crippen molar-refractivity contribution < 1.29 is 17.6 Å². The zero-order valence-corrected chi connectivity index (χ0v) is 9.71. The summed E-state index contributed by atoms with van der Waals surface area (Å²) in [5.74, 6) is -0.635. The van der Waals surface area contributed by atoms with Gasteiger partial charge in [-0.25, -0.2) is 9.37 Å². The number of hydrogen-bond donors (Lipinski definition) is 1. The van der Waals surface area contributed by atoms with Crippen molar-refractivity contribution in [3.63, 3.8) is 0 Å². The second kappa shape index (κ2) is 4.97. The minimum atomic E-state index is -4.58. The van der Waals surface area contributed by atoms with E-state index in [1.807, 2.05) is 0 Å². The lowest BCUT2D eigenvalue weighted by molar-refractivity contribution is -0.141. The fourth-order valence-corrected chi connectivity index (χ4v) is 1.70. The maximum atomic E-state index is 13.7. The molecule has 2 N–H and O–H groups in total. The summed E-state index contributed by atoms with van der Waals surface area (Å²) in [5, 5.41) is 0. The van der Waals surface area contributed by atoms with Gasteiger partial charge in [0, 0.05) is 12.1 Å². The van der Waals surface area contributed by atoms with Crippen molar-refractivity contribution in [1.82, 2.24) is 4.98 Å². The van der Waals surface area contributed by atoms with Crippen LogP contribution in [0.4, 0.5) is 17.6 Å². The first-order chi connectivity index (χ1) is 8.93. The third-order valence-corrected chi connectivity index (χ3v) is 2.62. The van der Waals surface area contributed by atoms with Crippen LogP contribution in [0.2, 0.25) is 0 Å². The van der Waals surface area contributed by atoms with Crippen LogP contribution in [0.3, 0.4) is 0 Å². The lowest BCUT2D eigenvalue weighted by atomic mass is 10.0. The van der Waals surface area contributed by atoms with E-state index in [9.17, 15) is 17.6 Å². The number of halogens is 4. The predicted molar refractivity (Wildman–Crippen MR) is 62.5 cm³/mol. The van der Waals surface area contributed by atoms with E-state index in [1.165, 1.54) is 24.3 Å². The Morgan fingerprint density at radius 3 is 2.32 bits per heavy atom. The lowest BCUT2D eigenvalue weighted by Crippen LogP contribution is -2.11. The summed E-state index contributed by atoms with van der Waals surface area (Å²) < 4.78 is 51.6. The summed E-state index contributed by atoms with van der Waals surface area (Å²) >= 11 is 0. The van der Waals surface area contributed by atoms with Crippen molar-refractivity contribution in [1.29, 1.82) is 0 Å². The lowest BCUT2D eigenvalue weighted by Gasteiger charge is -2.12. The quantitative estimate of drug-likeness (QED) is 0.850. The van der Waals surface area contributed by atoms with Gasteiger partial charge in [0.2, 0.25) is 0 Å². The highest BCUT2D eigenvalue weighted by Crippen LogP contribution is 2.31. The molecule has 0 aliphatic carbocycles. The molecule has 0 saturated heterocycles. The van der Waals surface area contributed by atoms with E-state index in [4.69, 9.17) is 5.73 Å². The number of benzene rings is 1. The molecule has 1 aromatic heterocycles. The van der Waals surface area contributed by atoms with Gasteiger partial charge < -0.3 is 5.73 Å². The number of nitrogens with two attached hydrogens (primary N) is 1. The summed E-state index contributed by atoms with van der Waals surface area (Å²) in [4.78, 5) is 3.50. The van der Waals surface area contributed by atoms with E-state index < -0.39 is 17.7 Å². The van der Waals surface area contributed by atoms with Crippen LogP contribution in [0, 0.1) is 5.82 Å². The maximum absolute atomic E-state index is 13.7. The van der Waals surface area contributed by atoms with E-state index >= 15 is 0 Å². The molecule has 100 valence electrons. The Bertz CT molecular complexity index is 593. The van der Waals surface area contributed by atoms with Gasteiger partial charge in [-0.1, -0.05) is 18.2 Å². The summed E-state index contributed by atoms with van der Waals surface area (Å²) in [7, 11) is 0. The molecule has 6 heteroatoms. The molecule has 1 heterocycles. The average Bonchev–Trinajstić information content (AvgIpc) is 2.37. The molecule has 1 aromatic carbocycles. The van der Waals surface area contributed by atoms with Crippen molar-refractivity contribution in [3.8, 4) is 11.3 Å². The molecule has 2 aromatic rings. The Labute approximate surface area is 106 Å². The molecule has 0 amide bonds. The first-order valence-electron chi connectivity index (χ1n) is 5.45. The Balaban J connectivity index is 2.64. The molecule has 2 rings (SSSR count). The number of hydrogen-bond acceptors (Lipinski definition) is 2. The molecule has 2 nitrogen and oxygen atoms in total. The number of rotatable bonds is 2. The Morgan fingerprint density at radius 1 is 1.05 bits per heavy atom. The summed E-state index contributed by atoms with van der Waals surface area (Å²) in [5.41, 5.74) is 4.68. The van der Waals surface area contributed by atoms with Gasteiger partial charge in [0.05, 0.1) is 5.69 Å². The SMILES string of the molecule is NCc1ccc(C(F)(F)F)nc1-c1ccccc1F. The maximum Gasteiger partial charge on any atom is 0.433 e. The van der Waals surface area contributed by atoms with E-state index in [0.717, 1.165) is 12.1 Å². The van der Waals surface area contributed by atoms with Crippen molar-refractivity contribution in [2.45, 2.75) is 12.7 Å². The normalized spacial score (nSPS) is 11.6. The van der Waals surface area contributed by atoms with Crippen LogP contribution in [0.5, 0.6) is 0 Å². The highest BCUT2D eigenvalue weighted by atomic mass is 19.4. The largest absolute Gasteiger partial charge is 0.433 e. The van der Waals surface area contributed by atoms with E-state index in [1.54, 1.807) is 0 Å². The highest BCUT2D eigenvalue weighted by Gasteiger charge is 2.33. The molecule has 0 radical (unpaired) electrons. The van der Waals surface area contributed by atoms with Gasteiger partial charge in [-0.05, 0) is 23.8 Å². The fraction of sp³-hybridized carbons (Fsp3) is 0.154. The average molecular weight is 270 g/mol. The van der Waals surface area contributed by atoms with Crippen LogP contribution in [0.15, 0.2) is 36.4 Å². The molecule has 0 fully saturated rings. The van der Waals surface area contributed by atoms with Crippen LogP contribution in [0.25, 0.3) is 11.3 Å². The monoisotopic (exact) mass is 270 g/mol. The Morgan fingerprint density at radius 2 is 1.74 bits per heavy atom. The third-order valence-electron chi connectivity index (χ3n) is 2.62. The molecule has 0 saturated carbocycles. The third kappa shape index (κ3) is 2.73. The molecule has 0 aliphatic rings. The predicted octanol–water partition coefficient (Wildman–Crippen LogP) is 3.37. The smallest absolute Gasteiger partial charge is 0.326 e. The summed E-state index contributed by atoms with van der Waals surface area (Å²) in [6.07, 6.45) is -4.58. The van der Waals surface area contributed by atoms with E-state index in [2.05, 4.69) is 4.98 Å². The summed E-state index contributed by atoms with van der Waals surface area (Å²) in [6, 6.07) is 7.58. The van der Waals surface area contributed by atoms with Gasteiger partial charge in [-0.2, -0.15) is 13.2 Å². The molecule has 19 heavy (non-hydrogen) atoms. The zero-order valence-electron chi connectivity index (χ0n) is 9.71. The van der Waals surface area contributed by atoms with Crippen LogP contribution >= 0.6 is 0 Å². The van der Waals surface area contributed by atoms with Crippen LogP contribution in [-0.4, -0.2) is 4.98 Å². The van der Waals surface area contributed by atoms with Crippen molar-refractivity contribution in [3.05, 3.63) is 53.5 Å². The topological polar surface area (TPSA) is 38.9 Å².